The first-order valence-corrected chi connectivity index (χ1v) is 10.1. The third-order valence-corrected chi connectivity index (χ3v) is 5.17. The molecule has 5 nitrogen and oxygen atoms in total. The Hall–Kier alpha value is -3.08. The molecule has 0 bridgehead atoms. The van der Waals surface area contributed by atoms with Crippen LogP contribution in [0.3, 0.4) is 0 Å². The molecule has 2 aromatic carbocycles. The summed E-state index contributed by atoms with van der Waals surface area (Å²) in [4.78, 5) is 19.4. The number of carbonyl (C=O) groups excluding carboxylic acids is 1. The molecule has 0 atom stereocenters. The van der Waals surface area contributed by atoms with Crippen LogP contribution in [0.15, 0.2) is 48.5 Å². The summed E-state index contributed by atoms with van der Waals surface area (Å²) in [5.41, 5.74) is 4.02. The van der Waals surface area contributed by atoms with Crippen LogP contribution in [0, 0.1) is 6.92 Å². The first-order valence-electron chi connectivity index (χ1n) is 10.1. The lowest BCUT2D eigenvalue weighted by atomic mass is 10.1. The van der Waals surface area contributed by atoms with Crippen molar-refractivity contribution in [1.29, 1.82) is 0 Å². The molecule has 0 fully saturated rings. The molecule has 0 saturated carbocycles. The minimum atomic E-state index is 0.00513. The second kappa shape index (κ2) is 9.41. The molecule has 1 amide bonds. The highest BCUT2D eigenvalue weighted by Gasteiger charge is 2.10. The number of hydrogen-bond donors (Lipinski definition) is 1. The summed E-state index contributed by atoms with van der Waals surface area (Å²) in [5.74, 6) is 1.82. The zero-order valence-electron chi connectivity index (χ0n) is 17.7. The van der Waals surface area contributed by atoms with Gasteiger partial charge in [0.2, 0.25) is 5.91 Å². The summed E-state index contributed by atoms with van der Waals surface area (Å²) in [6.45, 7) is 8.21. The number of fused-ring (bicyclic) bond motifs is 1. The van der Waals surface area contributed by atoms with Crippen molar-refractivity contribution in [3.05, 3.63) is 59.7 Å². The smallest absolute Gasteiger partial charge is 0.224 e. The number of rotatable bonds is 8. The quantitative estimate of drug-likeness (QED) is 0.589. The molecule has 3 rings (SSSR count). The van der Waals surface area contributed by atoms with Gasteiger partial charge in [-0.05, 0) is 74.7 Å². The van der Waals surface area contributed by atoms with E-state index in [9.17, 15) is 4.79 Å². The van der Waals surface area contributed by atoms with Gasteiger partial charge in [0.1, 0.15) is 11.6 Å². The van der Waals surface area contributed by atoms with E-state index >= 15 is 0 Å². The topological polar surface area (TPSA) is 54.5 Å². The van der Waals surface area contributed by atoms with Gasteiger partial charge in [-0.15, -0.1) is 0 Å². The van der Waals surface area contributed by atoms with Crippen LogP contribution in [0.4, 0.5) is 11.5 Å². The lowest BCUT2D eigenvalue weighted by Crippen LogP contribution is -2.23. The number of ether oxygens (including phenoxy) is 1. The van der Waals surface area contributed by atoms with Gasteiger partial charge in [0.25, 0.3) is 0 Å². The molecule has 3 aromatic rings. The molecule has 0 aliphatic carbocycles. The Bertz CT molecular complexity index is 979. The number of nitrogens with one attached hydrogen (secondary N) is 1. The maximum atomic E-state index is 12.4. The van der Waals surface area contributed by atoms with Crippen LogP contribution < -0.4 is 15.0 Å². The zero-order chi connectivity index (χ0) is 20.8. The number of aryl methyl sites for hydroxylation is 2. The standard InChI is InChI=1S/C24H29N3O2/c1-5-27(6-2)23-15-17(3)21-16-19(10-13-22(21)26-23)25-24(28)14-9-18-7-11-20(29-4)12-8-18/h7-8,10-13,15-16H,5-6,9,14H2,1-4H3,(H,25,28). The highest BCUT2D eigenvalue weighted by atomic mass is 16.5. The molecule has 0 spiro atoms. The predicted octanol–water partition coefficient (Wildman–Crippen LogP) is 4.97. The second-order valence-electron chi connectivity index (χ2n) is 7.10. The molecular weight excluding hydrogens is 362 g/mol. The van der Waals surface area contributed by atoms with E-state index in [4.69, 9.17) is 9.72 Å². The van der Waals surface area contributed by atoms with E-state index in [0.29, 0.717) is 12.8 Å². The highest BCUT2D eigenvalue weighted by molar-refractivity contribution is 5.94. The summed E-state index contributed by atoms with van der Waals surface area (Å²) in [6.07, 6.45) is 1.12. The van der Waals surface area contributed by atoms with E-state index in [0.717, 1.165) is 52.4 Å². The van der Waals surface area contributed by atoms with Gasteiger partial charge in [-0.3, -0.25) is 4.79 Å². The van der Waals surface area contributed by atoms with Crippen LogP contribution in [-0.4, -0.2) is 31.1 Å². The molecule has 152 valence electrons. The Morgan fingerprint density at radius 3 is 2.45 bits per heavy atom. The average molecular weight is 392 g/mol. The van der Waals surface area contributed by atoms with E-state index in [1.807, 2.05) is 42.5 Å². The highest BCUT2D eigenvalue weighted by Crippen LogP contribution is 2.25. The zero-order valence-corrected chi connectivity index (χ0v) is 17.7. The molecule has 1 N–H and O–H groups in total. The van der Waals surface area contributed by atoms with E-state index in [-0.39, 0.29) is 5.91 Å². The van der Waals surface area contributed by atoms with Gasteiger partial charge >= 0.3 is 0 Å². The largest absolute Gasteiger partial charge is 0.497 e. The van der Waals surface area contributed by atoms with Gasteiger partial charge in [-0.2, -0.15) is 0 Å². The Morgan fingerprint density at radius 2 is 1.79 bits per heavy atom. The number of benzene rings is 2. The number of anilines is 2. The molecule has 0 radical (unpaired) electrons. The Labute approximate surface area is 172 Å². The molecule has 29 heavy (non-hydrogen) atoms. The minimum Gasteiger partial charge on any atom is -0.497 e. The molecule has 5 heteroatoms. The van der Waals surface area contributed by atoms with E-state index in [2.05, 4.69) is 37.1 Å². The van der Waals surface area contributed by atoms with Crippen LogP contribution in [0.2, 0.25) is 0 Å². The molecule has 0 unspecified atom stereocenters. The Balaban J connectivity index is 1.68. The van der Waals surface area contributed by atoms with Crippen LogP contribution in [0.1, 0.15) is 31.4 Å². The van der Waals surface area contributed by atoms with Crippen LogP contribution in [0.25, 0.3) is 10.9 Å². The number of pyridine rings is 1. The SMILES string of the molecule is CCN(CC)c1cc(C)c2cc(NC(=O)CCc3ccc(OC)cc3)ccc2n1. The van der Waals surface area contributed by atoms with E-state index < -0.39 is 0 Å². The first kappa shape index (κ1) is 20.6. The maximum absolute atomic E-state index is 12.4. The van der Waals surface area contributed by atoms with Crippen LogP contribution in [-0.2, 0) is 11.2 Å². The van der Waals surface area contributed by atoms with Crippen LogP contribution >= 0.6 is 0 Å². The van der Waals surface area contributed by atoms with Crippen molar-refractivity contribution in [3.8, 4) is 5.75 Å². The monoisotopic (exact) mass is 391 g/mol. The summed E-state index contributed by atoms with van der Waals surface area (Å²) in [6, 6.07) is 15.8. The van der Waals surface area contributed by atoms with Crippen molar-refractivity contribution in [2.24, 2.45) is 0 Å². The van der Waals surface area contributed by atoms with E-state index in [1.165, 1.54) is 0 Å². The number of carbonyl (C=O) groups is 1. The summed E-state index contributed by atoms with van der Waals surface area (Å²) >= 11 is 0. The van der Waals surface area contributed by atoms with Crippen molar-refractivity contribution in [2.45, 2.75) is 33.6 Å². The van der Waals surface area contributed by atoms with Crippen LogP contribution in [0.5, 0.6) is 5.75 Å². The number of aromatic nitrogens is 1. The number of hydrogen-bond acceptors (Lipinski definition) is 4. The second-order valence-corrected chi connectivity index (χ2v) is 7.10. The fourth-order valence-electron chi connectivity index (χ4n) is 3.44. The maximum Gasteiger partial charge on any atom is 0.224 e. The molecule has 1 aromatic heterocycles. The molecular formula is C24H29N3O2. The van der Waals surface area contributed by atoms with Gasteiger partial charge in [-0.1, -0.05) is 12.1 Å². The molecule has 0 saturated heterocycles. The lowest BCUT2D eigenvalue weighted by molar-refractivity contribution is -0.116. The van der Waals surface area contributed by atoms with Gasteiger partial charge in [-0.25, -0.2) is 4.98 Å². The lowest BCUT2D eigenvalue weighted by Gasteiger charge is -2.21. The van der Waals surface area contributed by atoms with Crippen molar-refractivity contribution < 1.29 is 9.53 Å². The van der Waals surface area contributed by atoms with Gasteiger partial charge in [0.05, 0.1) is 12.6 Å². The summed E-state index contributed by atoms with van der Waals surface area (Å²) in [7, 11) is 1.65. The fraction of sp³-hybridized carbons (Fsp3) is 0.333. The van der Waals surface area contributed by atoms with Crippen molar-refractivity contribution >= 4 is 28.3 Å². The van der Waals surface area contributed by atoms with Gasteiger partial charge < -0.3 is 15.0 Å². The third kappa shape index (κ3) is 5.05. The predicted molar refractivity (Wildman–Crippen MR) is 120 cm³/mol. The van der Waals surface area contributed by atoms with Gasteiger partial charge in [0, 0.05) is 30.6 Å². The minimum absolute atomic E-state index is 0.00513. The third-order valence-electron chi connectivity index (χ3n) is 5.17. The Kier molecular flexibility index (Phi) is 6.70. The Morgan fingerprint density at radius 1 is 1.07 bits per heavy atom. The fourth-order valence-corrected chi connectivity index (χ4v) is 3.44. The molecule has 1 heterocycles. The van der Waals surface area contributed by atoms with Crippen molar-refractivity contribution in [3.63, 3.8) is 0 Å². The average Bonchev–Trinajstić information content (AvgIpc) is 2.74. The van der Waals surface area contributed by atoms with Gasteiger partial charge in [0.15, 0.2) is 0 Å². The van der Waals surface area contributed by atoms with Crippen molar-refractivity contribution in [1.82, 2.24) is 4.98 Å². The number of methoxy groups -OCH3 is 1. The van der Waals surface area contributed by atoms with Crippen molar-refractivity contribution in [2.75, 3.05) is 30.4 Å². The number of nitrogens with zero attached hydrogens (tertiary/aromatic N) is 2. The first-order chi connectivity index (χ1) is 14.0. The number of amides is 1. The molecule has 0 aliphatic rings. The van der Waals surface area contributed by atoms with E-state index in [1.54, 1.807) is 7.11 Å². The summed E-state index contributed by atoms with van der Waals surface area (Å²) in [5, 5.41) is 4.08. The molecule has 0 aliphatic heterocycles. The summed E-state index contributed by atoms with van der Waals surface area (Å²) < 4.78 is 5.16. The normalized spacial score (nSPS) is 10.8.